The fraction of sp³-hybridized carbons (Fsp3) is 0.0909. The molecule has 0 bridgehead atoms. The van der Waals surface area contributed by atoms with Gasteiger partial charge in [0.25, 0.3) is 0 Å². The van der Waals surface area contributed by atoms with Gasteiger partial charge in [0.2, 0.25) is 0 Å². The van der Waals surface area contributed by atoms with E-state index in [1.165, 1.54) is 11.3 Å². The molecular formula is C11H6Br2Cl2OS. The van der Waals surface area contributed by atoms with Crippen LogP contribution in [0.15, 0.2) is 32.5 Å². The number of hydrogen-bond donors (Lipinski definition) is 1. The number of halogens is 4. The van der Waals surface area contributed by atoms with Gasteiger partial charge in [0, 0.05) is 19.9 Å². The Kier molecular flexibility index (Phi) is 4.55. The number of aliphatic hydroxyl groups excluding tert-OH is 1. The van der Waals surface area contributed by atoms with E-state index in [0.717, 1.165) is 18.7 Å². The van der Waals surface area contributed by atoms with Crippen molar-refractivity contribution < 1.29 is 5.11 Å². The molecule has 1 heterocycles. The zero-order valence-corrected chi connectivity index (χ0v) is 13.8. The molecule has 6 heteroatoms. The maximum Gasteiger partial charge on any atom is 0.114 e. The third kappa shape index (κ3) is 3.06. The van der Waals surface area contributed by atoms with E-state index in [-0.39, 0.29) is 0 Å². The summed E-state index contributed by atoms with van der Waals surface area (Å²) in [5.41, 5.74) is 0.725. The van der Waals surface area contributed by atoms with E-state index in [9.17, 15) is 5.11 Å². The molecule has 0 aliphatic carbocycles. The average Bonchev–Trinajstić information content (AvgIpc) is 2.62. The Morgan fingerprint density at radius 3 is 2.47 bits per heavy atom. The molecule has 0 saturated carbocycles. The zero-order valence-electron chi connectivity index (χ0n) is 8.25. The largest absolute Gasteiger partial charge is 0.383 e. The highest BCUT2D eigenvalue weighted by molar-refractivity contribution is 9.11. The number of thiophene rings is 1. The van der Waals surface area contributed by atoms with Crippen molar-refractivity contribution in [3.8, 4) is 0 Å². The lowest BCUT2D eigenvalue weighted by Crippen LogP contribution is -1.98. The van der Waals surface area contributed by atoms with Crippen LogP contribution < -0.4 is 0 Å². The van der Waals surface area contributed by atoms with Gasteiger partial charge in [-0.2, -0.15) is 0 Å². The van der Waals surface area contributed by atoms with Gasteiger partial charge in [0.1, 0.15) is 6.10 Å². The Labute approximate surface area is 130 Å². The zero-order chi connectivity index (χ0) is 12.6. The minimum absolute atomic E-state index is 0.587. The average molecular weight is 417 g/mol. The Balaban J connectivity index is 2.42. The Bertz CT molecular complexity index is 537. The molecule has 2 aromatic rings. The van der Waals surface area contributed by atoms with Gasteiger partial charge >= 0.3 is 0 Å². The van der Waals surface area contributed by atoms with Gasteiger partial charge in [-0.15, -0.1) is 11.3 Å². The summed E-state index contributed by atoms with van der Waals surface area (Å²) in [5.74, 6) is 0. The molecule has 1 aromatic carbocycles. The van der Waals surface area contributed by atoms with Crippen LogP contribution in [0.4, 0.5) is 0 Å². The van der Waals surface area contributed by atoms with E-state index in [2.05, 4.69) is 31.9 Å². The highest BCUT2D eigenvalue weighted by Gasteiger charge is 2.18. The third-order valence-corrected chi connectivity index (χ3v) is 5.67. The molecule has 2 rings (SSSR count). The number of aliphatic hydroxyl groups is 1. The first-order valence-corrected chi connectivity index (χ1v) is 7.72. The third-order valence-electron chi connectivity index (χ3n) is 2.19. The highest BCUT2D eigenvalue weighted by atomic mass is 79.9. The normalized spacial score (nSPS) is 12.8. The summed E-state index contributed by atoms with van der Waals surface area (Å²) in [4.78, 5) is 0.768. The maximum absolute atomic E-state index is 10.3. The predicted molar refractivity (Wildman–Crippen MR) is 80.2 cm³/mol. The lowest BCUT2D eigenvalue weighted by atomic mass is 10.1. The van der Waals surface area contributed by atoms with E-state index >= 15 is 0 Å². The maximum atomic E-state index is 10.3. The van der Waals surface area contributed by atoms with Gasteiger partial charge in [-0.3, -0.25) is 0 Å². The van der Waals surface area contributed by atoms with Crippen LogP contribution in [-0.2, 0) is 0 Å². The highest BCUT2D eigenvalue weighted by Crippen LogP contribution is 2.39. The van der Waals surface area contributed by atoms with E-state index in [0.29, 0.717) is 10.0 Å². The monoisotopic (exact) mass is 414 g/mol. The number of hydrogen-bond acceptors (Lipinski definition) is 2. The topological polar surface area (TPSA) is 20.2 Å². The molecule has 17 heavy (non-hydrogen) atoms. The van der Waals surface area contributed by atoms with Crippen LogP contribution in [0.25, 0.3) is 0 Å². The van der Waals surface area contributed by atoms with Crippen LogP contribution in [0.2, 0.25) is 10.0 Å². The van der Waals surface area contributed by atoms with Crippen molar-refractivity contribution in [3.63, 3.8) is 0 Å². The molecule has 90 valence electrons. The summed E-state index contributed by atoms with van der Waals surface area (Å²) in [6.45, 7) is 0. The van der Waals surface area contributed by atoms with E-state index in [4.69, 9.17) is 23.2 Å². The molecule has 0 aliphatic heterocycles. The fourth-order valence-corrected chi connectivity index (χ4v) is 3.77. The molecule has 1 unspecified atom stereocenters. The smallest absolute Gasteiger partial charge is 0.114 e. The summed E-state index contributed by atoms with van der Waals surface area (Å²) in [6.07, 6.45) is -0.739. The van der Waals surface area contributed by atoms with Gasteiger partial charge in [-0.1, -0.05) is 39.1 Å². The Morgan fingerprint density at radius 2 is 1.88 bits per heavy atom. The van der Waals surface area contributed by atoms with E-state index < -0.39 is 6.10 Å². The first-order valence-electron chi connectivity index (χ1n) is 4.57. The Morgan fingerprint density at radius 1 is 1.18 bits per heavy atom. The number of benzene rings is 1. The second-order valence-electron chi connectivity index (χ2n) is 3.34. The lowest BCUT2D eigenvalue weighted by Gasteiger charge is -2.11. The molecule has 0 fully saturated rings. The molecular weight excluding hydrogens is 411 g/mol. The van der Waals surface area contributed by atoms with E-state index in [1.807, 2.05) is 6.07 Å². The van der Waals surface area contributed by atoms with Gasteiger partial charge in [-0.05, 0) is 40.2 Å². The van der Waals surface area contributed by atoms with Crippen LogP contribution in [-0.4, -0.2) is 5.11 Å². The molecule has 0 amide bonds. The first kappa shape index (κ1) is 13.8. The molecule has 1 N–H and O–H groups in total. The minimum atomic E-state index is -0.739. The molecule has 0 aliphatic rings. The molecule has 0 saturated heterocycles. The van der Waals surface area contributed by atoms with Gasteiger partial charge in [0.15, 0.2) is 0 Å². The van der Waals surface area contributed by atoms with Crippen molar-refractivity contribution in [3.05, 3.63) is 53.0 Å². The van der Waals surface area contributed by atoms with Crippen LogP contribution in [0.1, 0.15) is 16.5 Å². The summed E-state index contributed by atoms with van der Waals surface area (Å²) >= 11 is 20.0. The molecule has 1 aromatic heterocycles. The van der Waals surface area contributed by atoms with Crippen LogP contribution >= 0.6 is 66.4 Å². The van der Waals surface area contributed by atoms with Crippen molar-refractivity contribution >= 4 is 66.4 Å². The van der Waals surface area contributed by atoms with Crippen LogP contribution in [0.3, 0.4) is 0 Å². The van der Waals surface area contributed by atoms with Gasteiger partial charge in [0.05, 0.1) is 8.81 Å². The standard InChI is InChI=1S/C11H6Br2Cl2OS/c12-7-2-1-5(14)3-6(7)10(16)9-4-8(15)11(13)17-9/h1-4,10,16H. The summed E-state index contributed by atoms with van der Waals surface area (Å²) in [6, 6.07) is 7.05. The van der Waals surface area contributed by atoms with Crippen molar-refractivity contribution in [1.29, 1.82) is 0 Å². The van der Waals surface area contributed by atoms with Crippen LogP contribution in [0, 0.1) is 0 Å². The predicted octanol–water partition coefficient (Wildman–Crippen LogP) is 5.66. The SMILES string of the molecule is OC(c1cc(Cl)c(Br)s1)c1cc(Cl)ccc1Br. The van der Waals surface area contributed by atoms with Gasteiger partial charge in [-0.25, -0.2) is 0 Å². The van der Waals surface area contributed by atoms with Crippen molar-refractivity contribution in [2.45, 2.75) is 6.10 Å². The summed E-state index contributed by atoms with van der Waals surface area (Å²) in [5, 5.41) is 11.5. The van der Waals surface area contributed by atoms with Crippen molar-refractivity contribution in [2.75, 3.05) is 0 Å². The first-order chi connectivity index (χ1) is 7.99. The quantitative estimate of drug-likeness (QED) is 0.669. The molecule has 0 radical (unpaired) electrons. The molecule has 1 atom stereocenters. The van der Waals surface area contributed by atoms with E-state index in [1.54, 1.807) is 18.2 Å². The number of rotatable bonds is 2. The Hall–Kier alpha value is 0.420. The van der Waals surface area contributed by atoms with Crippen LogP contribution in [0.5, 0.6) is 0 Å². The minimum Gasteiger partial charge on any atom is -0.383 e. The van der Waals surface area contributed by atoms with Crippen molar-refractivity contribution in [1.82, 2.24) is 0 Å². The lowest BCUT2D eigenvalue weighted by molar-refractivity contribution is 0.223. The summed E-state index contributed by atoms with van der Waals surface area (Å²) < 4.78 is 1.63. The molecule has 0 spiro atoms. The van der Waals surface area contributed by atoms with Gasteiger partial charge < -0.3 is 5.11 Å². The molecule has 1 nitrogen and oxygen atoms in total. The summed E-state index contributed by atoms with van der Waals surface area (Å²) in [7, 11) is 0. The fourth-order valence-electron chi connectivity index (χ4n) is 1.38. The van der Waals surface area contributed by atoms with Crippen molar-refractivity contribution in [2.24, 2.45) is 0 Å². The second kappa shape index (κ2) is 5.59. The second-order valence-corrected chi connectivity index (χ2v) is 7.44.